The van der Waals surface area contributed by atoms with Gasteiger partial charge in [-0.05, 0) is 33.4 Å². The third kappa shape index (κ3) is 6.07. The summed E-state index contributed by atoms with van der Waals surface area (Å²) >= 11 is 4.05. The standard InChI is InChI=1S/C9H20N2OS/c1-7(13)9(12)8(10)5-3-4-6-11-2/h7-8,11,13H,3-6,10H2,1-2H3. The van der Waals surface area contributed by atoms with Gasteiger partial charge in [0.25, 0.3) is 0 Å². The minimum atomic E-state index is -0.329. The van der Waals surface area contributed by atoms with E-state index in [1.807, 2.05) is 7.05 Å². The maximum Gasteiger partial charge on any atom is 0.161 e. The fraction of sp³-hybridized carbons (Fsp3) is 0.889. The molecule has 3 nitrogen and oxygen atoms in total. The number of rotatable bonds is 7. The molecule has 2 unspecified atom stereocenters. The Morgan fingerprint density at radius 1 is 1.54 bits per heavy atom. The summed E-state index contributed by atoms with van der Waals surface area (Å²) in [6.45, 7) is 2.75. The lowest BCUT2D eigenvalue weighted by molar-refractivity contribution is -0.119. The quantitative estimate of drug-likeness (QED) is 0.420. The zero-order valence-electron chi connectivity index (χ0n) is 8.42. The van der Waals surface area contributed by atoms with Crippen molar-refractivity contribution >= 4 is 18.4 Å². The first-order chi connectivity index (χ1) is 6.09. The predicted octanol–water partition coefficient (Wildman–Crippen LogP) is 0.591. The monoisotopic (exact) mass is 204 g/mol. The molecule has 0 saturated carbocycles. The van der Waals surface area contributed by atoms with Gasteiger partial charge in [0.15, 0.2) is 5.78 Å². The molecule has 0 fully saturated rings. The van der Waals surface area contributed by atoms with Crippen LogP contribution in [0.1, 0.15) is 26.2 Å². The highest BCUT2D eigenvalue weighted by Gasteiger charge is 2.16. The molecule has 0 aromatic rings. The maximum absolute atomic E-state index is 11.3. The van der Waals surface area contributed by atoms with E-state index in [2.05, 4.69) is 17.9 Å². The number of hydrogen-bond donors (Lipinski definition) is 3. The average molecular weight is 204 g/mol. The summed E-state index contributed by atoms with van der Waals surface area (Å²) in [6.07, 6.45) is 2.83. The summed E-state index contributed by atoms with van der Waals surface area (Å²) < 4.78 is 0. The summed E-state index contributed by atoms with van der Waals surface area (Å²) in [7, 11) is 1.92. The minimum Gasteiger partial charge on any atom is -0.321 e. The Morgan fingerprint density at radius 3 is 2.62 bits per heavy atom. The van der Waals surface area contributed by atoms with Crippen LogP contribution in [-0.4, -0.2) is 30.7 Å². The van der Waals surface area contributed by atoms with Crippen LogP contribution >= 0.6 is 12.6 Å². The number of unbranched alkanes of at least 4 members (excludes halogenated alkanes) is 1. The van der Waals surface area contributed by atoms with Crippen LogP contribution in [0.25, 0.3) is 0 Å². The molecular formula is C9H20N2OS. The second-order valence-corrected chi connectivity index (χ2v) is 4.06. The van der Waals surface area contributed by atoms with E-state index in [1.165, 1.54) is 0 Å². The smallest absolute Gasteiger partial charge is 0.161 e. The van der Waals surface area contributed by atoms with Gasteiger partial charge in [0.2, 0.25) is 0 Å². The molecule has 0 aliphatic rings. The van der Waals surface area contributed by atoms with Crippen molar-refractivity contribution in [3.05, 3.63) is 0 Å². The van der Waals surface area contributed by atoms with Gasteiger partial charge < -0.3 is 11.1 Å². The molecule has 0 aromatic carbocycles. The van der Waals surface area contributed by atoms with Gasteiger partial charge in [-0.15, -0.1) is 0 Å². The van der Waals surface area contributed by atoms with E-state index in [0.29, 0.717) is 0 Å². The van der Waals surface area contributed by atoms with Gasteiger partial charge in [0, 0.05) is 0 Å². The summed E-state index contributed by atoms with van der Waals surface area (Å²) in [4.78, 5) is 11.3. The third-order valence-electron chi connectivity index (χ3n) is 1.97. The average Bonchev–Trinajstić information content (AvgIpc) is 2.10. The number of thiol groups is 1. The van der Waals surface area contributed by atoms with Gasteiger partial charge in [-0.3, -0.25) is 4.79 Å². The van der Waals surface area contributed by atoms with Crippen molar-refractivity contribution in [2.24, 2.45) is 5.73 Å². The highest BCUT2D eigenvalue weighted by molar-refractivity contribution is 7.81. The molecule has 0 aliphatic heterocycles. The molecule has 0 aliphatic carbocycles. The van der Waals surface area contributed by atoms with Crippen molar-refractivity contribution in [1.29, 1.82) is 0 Å². The molecule has 0 spiro atoms. The van der Waals surface area contributed by atoms with Crippen molar-refractivity contribution in [2.75, 3.05) is 13.6 Å². The van der Waals surface area contributed by atoms with Gasteiger partial charge in [-0.1, -0.05) is 6.42 Å². The number of ketones is 1. The first-order valence-corrected chi connectivity index (χ1v) is 5.23. The van der Waals surface area contributed by atoms with Crippen LogP contribution in [0, 0.1) is 0 Å². The summed E-state index contributed by atoms with van der Waals surface area (Å²) in [5.74, 6) is 0.0489. The van der Waals surface area contributed by atoms with Crippen LogP contribution in [0.5, 0.6) is 0 Å². The lowest BCUT2D eigenvalue weighted by atomic mass is 10.0. The van der Waals surface area contributed by atoms with Crippen LogP contribution in [0.3, 0.4) is 0 Å². The van der Waals surface area contributed by atoms with Crippen LogP contribution in [0.4, 0.5) is 0 Å². The van der Waals surface area contributed by atoms with Crippen LogP contribution < -0.4 is 11.1 Å². The SMILES string of the molecule is CNCCCCC(N)C(=O)C(C)S. The third-order valence-corrected chi connectivity index (χ3v) is 2.22. The van der Waals surface area contributed by atoms with E-state index < -0.39 is 0 Å². The highest BCUT2D eigenvalue weighted by Crippen LogP contribution is 2.04. The number of nitrogens with two attached hydrogens (primary N) is 1. The number of carbonyl (C=O) groups excluding carboxylic acids is 1. The van der Waals surface area contributed by atoms with E-state index in [0.717, 1.165) is 25.8 Å². The zero-order chi connectivity index (χ0) is 10.3. The molecule has 4 heteroatoms. The lowest BCUT2D eigenvalue weighted by Crippen LogP contribution is -2.35. The Morgan fingerprint density at radius 2 is 2.15 bits per heavy atom. The molecule has 2 atom stereocenters. The summed E-state index contributed by atoms with van der Waals surface area (Å²) in [6, 6.07) is -0.329. The molecule has 0 amide bonds. The molecule has 0 saturated heterocycles. The fourth-order valence-corrected chi connectivity index (χ4v) is 1.31. The topological polar surface area (TPSA) is 55.1 Å². The fourth-order valence-electron chi connectivity index (χ4n) is 1.12. The molecule has 78 valence electrons. The molecule has 0 bridgehead atoms. The number of Topliss-reactive ketones (excluding diaryl/α,β-unsaturated/α-hetero) is 1. The Bertz CT molecular complexity index is 151. The van der Waals surface area contributed by atoms with Crippen molar-refractivity contribution < 1.29 is 4.79 Å². The Kier molecular flexibility index (Phi) is 7.32. The van der Waals surface area contributed by atoms with Crippen molar-refractivity contribution in [2.45, 2.75) is 37.5 Å². The minimum absolute atomic E-state index is 0.0489. The summed E-state index contributed by atoms with van der Waals surface area (Å²) in [5.41, 5.74) is 5.68. The van der Waals surface area contributed by atoms with E-state index >= 15 is 0 Å². The van der Waals surface area contributed by atoms with Crippen molar-refractivity contribution in [1.82, 2.24) is 5.32 Å². The van der Waals surface area contributed by atoms with Crippen LogP contribution in [0.2, 0.25) is 0 Å². The molecule has 3 N–H and O–H groups in total. The van der Waals surface area contributed by atoms with Gasteiger partial charge in [-0.25, -0.2) is 0 Å². The largest absolute Gasteiger partial charge is 0.321 e. The van der Waals surface area contributed by atoms with E-state index in [-0.39, 0.29) is 17.1 Å². The van der Waals surface area contributed by atoms with Crippen molar-refractivity contribution in [3.63, 3.8) is 0 Å². The normalized spacial score (nSPS) is 15.4. The van der Waals surface area contributed by atoms with Gasteiger partial charge >= 0.3 is 0 Å². The van der Waals surface area contributed by atoms with Gasteiger partial charge in [0.1, 0.15) is 0 Å². The molecule has 0 radical (unpaired) electrons. The lowest BCUT2D eigenvalue weighted by Gasteiger charge is -2.11. The van der Waals surface area contributed by atoms with Crippen LogP contribution in [-0.2, 0) is 4.79 Å². The Hall–Kier alpha value is -0.0600. The van der Waals surface area contributed by atoms with E-state index in [4.69, 9.17) is 5.73 Å². The van der Waals surface area contributed by atoms with E-state index in [9.17, 15) is 4.79 Å². The number of carbonyl (C=O) groups is 1. The predicted molar refractivity (Wildman–Crippen MR) is 59.2 cm³/mol. The molecule has 13 heavy (non-hydrogen) atoms. The highest BCUT2D eigenvalue weighted by atomic mass is 32.1. The van der Waals surface area contributed by atoms with Crippen molar-refractivity contribution in [3.8, 4) is 0 Å². The van der Waals surface area contributed by atoms with Gasteiger partial charge in [-0.2, -0.15) is 12.6 Å². The van der Waals surface area contributed by atoms with Crippen LogP contribution in [0.15, 0.2) is 0 Å². The van der Waals surface area contributed by atoms with E-state index in [1.54, 1.807) is 6.92 Å². The molecule has 0 heterocycles. The first kappa shape index (κ1) is 12.9. The summed E-state index contributed by atoms with van der Waals surface area (Å²) in [5, 5.41) is 2.82. The first-order valence-electron chi connectivity index (χ1n) is 4.71. The number of nitrogens with one attached hydrogen (secondary N) is 1. The maximum atomic E-state index is 11.3. The second-order valence-electron chi connectivity index (χ2n) is 3.28. The second kappa shape index (κ2) is 7.35. The Balaban J connectivity index is 3.50. The molecule has 0 aromatic heterocycles. The molecular weight excluding hydrogens is 184 g/mol. The number of hydrogen-bond acceptors (Lipinski definition) is 4. The molecule has 0 rings (SSSR count). The van der Waals surface area contributed by atoms with Gasteiger partial charge in [0.05, 0.1) is 11.3 Å². The Labute approximate surface area is 85.9 Å². The zero-order valence-corrected chi connectivity index (χ0v) is 9.31.